The lowest BCUT2D eigenvalue weighted by molar-refractivity contribution is -0.148. The van der Waals surface area contributed by atoms with Crippen molar-refractivity contribution >= 4 is 50.8 Å². The van der Waals surface area contributed by atoms with Gasteiger partial charge >= 0.3 is 0 Å². The Balaban J connectivity index is 1.55. The molecule has 4 rings (SSSR count). The summed E-state index contributed by atoms with van der Waals surface area (Å²) in [6.45, 7) is 0. The molecular weight excluding hydrogens is 545 g/mol. The van der Waals surface area contributed by atoms with E-state index >= 15 is 0 Å². The highest BCUT2D eigenvalue weighted by Gasteiger charge is 2.60. The summed E-state index contributed by atoms with van der Waals surface area (Å²) in [4.78, 5) is 38.3. The number of aryl methyl sites for hydroxylation is 1. The third-order valence-electron chi connectivity index (χ3n) is 5.34. The van der Waals surface area contributed by atoms with Crippen LogP contribution in [0.15, 0.2) is 35.1 Å². The van der Waals surface area contributed by atoms with Crippen molar-refractivity contribution < 1.29 is 27.6 Å². The number of H-pyrrole nitrogens is 1. The first kappa shape index (κ1) is 24.0. The first-order chi connectivity index (χ1) is 15.9. The van der Waals surface area contributed by atoms with Gasteiger partial charge in [-0.15, -0.1) is 0 Å². The molecule has 0 bridgehead atoms. The second kappa shape index (κ2) is 8.55. The number of aromatic nitrogens is 4. The van der Waals surface area contributed by atoms with Crippen molar-refractivity contribution in [1.82, 2.24) is 25.3 Å². The molecule has 0 aliphatic heterocycles. The quantitative estimate of drug-likeness (QED) is 0.315. The predicted octanol–water partition coefficient (Wildman–Crippen LogP) is 3.57. The number of alkyl halides is 2. The highest BCUT2D eigenvalue weighted by Crippen LogP contribution is 2.51. The number of ketones is 1. The van der Waals surface area contributed by atoms with Gasteiger partial charge in [-0.2, -0.15) is 15.4 Å². The minimum absolute atomic E-state index is 0.00952. The van der Waals surface area contributed by atoms with E-state index in [9.17, 15) is 27.6 Å². The molecule has 0 spiro atoms. The van der Waals surface area contributed by atoms with E-state index in [4.69, 9.17) is 11.6 Å². The van der Waals surface area contributed by atoms with E-state index in [1.165, 1.54) is 36.1 Å². The Kier molecular flexibility index (Phi) is 6.02. The van der Waals surface area contributed by atoms with E-state index in [0.717, 1.165) is 6.07 Å². The molecular formula is C20H15BrClF3N6O3. The number of amides is 2. The maximum atomic E-state index is 13.7. The van der Waals surface area contributed by atoms with Crippen molar-refractivity contribution in [2.24, 2.45) is 7.05 Å². The lowest BCUT2D eigenvalue weighted by atomic mass is 9.71. The fraction of sp³-hybridized carbons (Fsp3) is 0.250. The van der Waals surface area contributed by atoms with Gasteiger partial charge in [0, 0.05) is 31.8 Å². The standard InChI is InChI=1S/C20H15BrClF3N6O3/c1-31-6-10(14(21)15(31)17(33)27-9-2-3-12(23)11(22)4-9)16(32)18(34)28-19(7-20(24,25)8-19)13-5-26-30-29-13/h2-6H,7-8H2,1H3,(H,27,33)(H,28,34)(H,26,29,30). The fourth-order valence-corrected chi connectivity index (χ4v) is 4.70. The van der Waals surface area contributed by atoms with Crippen LogP contribution in [0.3, 0.4) is 0 Å². The average Bonchev–Trinajstić information content (AvgIpc) is 3.37. The number of anilines is 1. The molecule has 1 aliphatic carbocycles. The number of Topliss-reactive ketones (excluding diaryl/α,β-unsaturated/α-hetero) is 1. The van der Waals surface area contributed by atoms with Crippen LogP contribution in [0.5, 0.6) is 0 Å². The number of aromatic amines is 1. The number of nitrogens with one attached hydrogen (secondary N) is 3. The lowest BCUT2D eigenvalue weighted by Gasteiger charge is -2.46. The summed E-state index contributed by atoms with van der Waals surface area (Å²) in [5.74, 6) is -6.57. The summed E-state index contributed by atoms with van der Waals surface area (Å²) in [6.07, 6.45) is 0.962. The van der Waals surface area contributed by atoms with Gasteiger partial charge in [0.15, 0.2) is 0 Å². The average molecular weight is 560 g/mol. The summed E-state index contributed by atoms with van der Waals surface area (Å²) < 4.78 is 42.0. The molecule has 3 N–H and O–H groups in total. The van der Waals surface area contributed by atoms with Crippen molar-refractivity contribution in [3.8, 4) is 0 Å². The maximum Gasteiger partial charge on any atom is 0.293 e. The van der Waals surface area contributed by atoms with Gasteiger partial charge in [0.25, 0.3) is 23.5 Å². The van der Waals surface area contributed by atoms with Crippen molar-refractivity contribution in [3.05, 3.63) is 62.9 Å². The smallest absolute Gasteiger partial charge is 0.293 e. The van der Waals surface area contributed by atoms with Crippen LogP contribution >= 0.6 is 27.5 Å². The highest BCUT2D eigenvalue weighted by atomic mass is 79.9. The minimum Gasteiger partial charge on any atom is -0.345 e. The molecule has 2 amide bonds. The van der Waals surface area contributed by atoms with E-state index in [1.54, 1.807) is 0 Å². The van der Waals surface area contributed by atoms with Gasteiger partial charge in [-0.1, -0.05) is 11.6 Å². The number of hydrogen-bond acceptors (Lipinski definition) is 5. The van der Waals surface area contributed by atoms with Crippen LogP contribution in [0, 0.1) is 5.82 Å². The Morgan fingerprint density at radius 3 is 2.56 bits per heavy atom. The molecule has 14 heteroatoms. The van der Waals surface area contributed by atoms with Gasteiger partial charge in [-0.3, -0.25) is 14.4 Å². The maximum absolute atomic E-state index is 13.7. The summed E-state index contributed by atoms with van der Waals surface area (Å²) in [6, 6.07) is 3.59. The molecule has 34 heavy (non-hydrogen) atoms. The van der Waals surface area contributed by atoms with Crippen LogP contribution in [0.1, 0.15) is 39.4 Å². The number of carbonyl (C=O) groups is 3. The number of nitrogens with zero attached hydrogens (tertiary/aromatic N) is 3. The molecule has 0 unspecified atom stereocenters. The molecule has 1 saturated carbocycles. The number of hydrogen-bond donors (Lipinski definition) is 3. The van der Waals surface area contributed by atoms with Gasteiger partial charge < -0.3 is 15.2 Å². The number of rotatable bonds is 6. The molecule has 178 valence electrons. The molecule has 0 radical (unpaired) electrons. The van der Waals surface area contributed by atoms with E-state index < -0.39 is 47.7 Å². The minimum atomic E-state index is -3.03. The first-order valence-corrected chi connectivity index (χ1v) is 10.8. The Bertz CT molecular complexity index is 1300. The first-order valence-electron chi connectivity index (χ1n) is 9.64. The topological polar surface area (TPSA) is 122 Å². The second-order valence-corrected chi connectivity index (χ2v) is 9.03. The Morgan fingerprint density at radius 2 is 1.97 bits per heavy atom. The van der Waals surface area contributed by atoms with E-state index in [2.05, 4.69) is 42.0 Å². The molecule has 0 atom stereocenters. The van der Waals surface area contributed by atoms with Crippen LogP contribution in [-0.4, -0.2) is 43.5 Å². The Labute approximate surface area is 203 Å². The fourth-order valence-electron chi connectivity index (χ4n) is 3.77. The zero-order chi connectivity index (χ0) is 24.8. The summed E-state index contributed by atoms with van der Waals surface area (Å²) in [7, 11) is 1.47. The van der Waals surface area contributed by atoms with Crippen LogP contribution in [0.2, 0.25) is 5.02 Å². The highest BCUT2D eigenvalue weighted by molar-refractivity contribution is 9.10. The number of carbonyl (C=O) groups excluding carboxylic acids is 3. The van der Waals surface area contributed by atoms with Gasteiger partial charge in [0.2, 0.25) is 0 Å². The van der Waals surface area contributed by atoms with Crippen LogP contribution < -0.4 is 10.6 Å². The predicted molar refractivity (Wildman–Crippen MR) is 117 cm³/mol. The number of halogens is 5. The zero-order valence-corrected chi connectivity index (χ0v) is 19.6. The summed E-state index contributed by atoms with van der Waals surface area (Å²) in [5, 5.41) is 14.3. The van der Waals surface area contributed by atoms with Gasteiger partial charge in [-0.05, 0) is 34.1 Å². The molecule has 9 nitrogen and oxygen atoms in total. The third kappa shape index (κ3) is 4.32. The molecule has 1 aromatic carbocycles. The number of benzene rings is 1. The van der Waals surface area contributed by atoms with Crippen LogP contribution in [0.25, 0.3) is 0 Å². The third-order valence-corrected chi connectivity index (χ3v) is 6.43. The summed E-state index contributed by atoms with van der Waals surface area (Å²) in [5.41, 5.74) is -1.45. The largest absolute Gasteiger partial charge is 0.345 e. The molecule has 3 aromatic rings. The monoisotopic (exact) mass is 558 g/mol. The molecule has 1 fully saturated rings. The van der Waals surface area contributed by atoms with E-state index in [1.807, 2.05) is 0 Å². The van der Waals surface area contributed by atoms with Crippen LogP contribution in [0.4, 0.5) is 18.9 Å². The van der Waals surface area contributed by atoms with Crippen LogP contribution in [-0.2, 0) is 17.4 Å². The summed E-state index contributed by atoms with van der Waals surface area (Å²) >= 11 is 8.89. The second-order valence-electron chi connectivity index (χ2n) is 7.83. The molecule has 2 heterocycles. The van der Waals surface area contributed by atoms with Crippen molar-refractivity contribution in [2.75, 3.05) is 5.32 Å². The van der Waals surface area contributed by atoms with Crippen molar-refractivity contribution in [1.29, 1.82) is 0 Å². The lowest BCUT2D eigenvalue weighted by Crippen LogP contribution is -2.61. The molecule has 1 aliphatic rings. The van der Waals surface area contributed by atoms with Gasteiger partial charge in [0.05, 0.1) is 26.8 Å². The SMILES string of the molecule is Cn1cc(C(=O)C(=O)NC2(c3cn[nH]n3)CC(F)(F)C2)c(Br)c1C(=O)Nc1ccc(F)c(Cl)c1. The normalized spacial score (nSPS) is 15.9. The van der Waals surface area contributed by atoms with Gasteiger partial charge in [0.1, 0.15) is 17.2 Å². The van der Waals surface area contributed by atoms with Gasteiger partial charge in [-0.25, -0.2) is 13.2 Å². The Morgan fingerprint density at radius 1 is 1.26 bits per heavy atom. The van der Waals surface area contributed by atoms with Crippen molar-refractivity contribution in [2.45, 2.75) is 24.3 Å². The van der Waals surface area contributed by atoms with E-state index in [-0.39, 0.29) is 32.1 Å². The molecule has 0 saturated heterocycles. The Hall–Kier alpha value is -3.19. The molecule has 2 aromatic heterocycles. The van der Waals surface area contributed by atoms with Crippen molar-refractivity contribution in [3.63, 3.8) is 0 Å². The van der Waals surface area contributed by atoms with E-state index in [0.29, 0.717) is 0 Å². The zero-order valence-electron chi connectivity index (χ0n) is 17.3.